The van der Waals surface area contributed by atoms with Crippen LogP contribution in [0.25, 0.3) is 0 Å². The van der Waals surface area contributed by atoms with Gasteiger partial charge in [-0.05, 0) is 42.3 Å². The zero-order valence-electron chi connectivity index (χ0n) is 19.3. The average molecular weight is 605 g/mol. The fraction of sp³-hybridized carbons (Fsp3) is 0.273. The van der Waals surface area contributed by atoms with Gasteiger partial charge in [0.2, 0.25) is 0 Å². The number of carbonyl (C=O) groups excluding carboxylic acids is 1. The van der Waals surface area contributed by atoms with Crippen LogP contribution in [0.2, 0.25) is 5.02 Å². The van der Waals surface area contributed by atoms with Crippen LogP contribution >= 0.6 is 11.6 Å². The van der Waals surface area contributed by atoms with Gasteiger partial charge in [0.1, 0.15) is 5.82 Å². The Hall–Kier alpha value is -3.89. The summed E-state index contributed by atoms with van der Waals surface area (Å²) in [6, 6.07) is 2.49. The SMILES string of the molecule is Cc1cc(C2=NOC(c3cc(C(F)(F)F)cc(Cl)c3F)(C(F)(F)F)C2)ccc1C(=O)Nc1nnc(C(F)(F)F)o1. The van der Waals surface area contributed by atoms with Gasteiger partial charge in [0.25, 0.3) is 11.5 Å². The Morgan fingerprint density at radius 3 is 2.23 bits per heavy atom. The second-order valence-electron chi connectivity index (χ2n) is 8.34. The van der Waals surface area contributed by atoms with Gasteiger partial charge in [-0.3, -0.25) is 10.1 Å². The summed E-state index contributed by atoms with van der Waals surface area (Å²) < 4.78 is 139. The molecule has 1 atom stereocenters. The van der Waals surface area contributed by atoms with Crippen molar-refractivity contribution < 1.29 is 58.0 Å². The van der Waals surface area contributed by atoms with E-state index in [0.717, 1.165) is 18.2 Å². The smallest absolute Gasteiger partial charge is 0.399 e. The van der Waals surface area contributed by atoms with E-state index in [0.29, 0.717) is 0 Å². The fourth-order valence-corrected chi connectivity index (χ4v) is 3.95. The first kappa shape index (κ1) is 29.1. The van der Waals surface area contributed by atoms with E-state index in [1.807, 2.05) is 5.32 Å². The quantitative estimate of drug-likeness (QED) is 0.323. The van der Waals surface area contributed by atoms with Gasteiger partial charge < -0.3 is 9.25 Å². The fourth-order valence-electron chi connectivity index (χ4n) is 3.73. The van der Waals surface area contributed by atoms with Crippen molar-refractivity contribution in [1.82, 2.24) is 10.2 Å². The average Bonchev–Trinajstić information content (AvgIpc) is 3.48. The lowest BCUT2D eigenvalue weighted by molar-refractivity contribution is -0.276. The van der Waals surface area contributed by atoms with Crippen molar-refractivity contribution in [3.8, 4) is 0 Å². The lowest BCUT2D eigenvalue weighted by Gasteiger charge is -2.30. The van der Waals surface area contributed by atoms with Gasteiger partial charge in [-0.25, -0.2) is 4.39 Å². The summed E-state index contributed by atoms with van der Waals surface area (Å²) in [5, 5.41) is 9.83. The number of oxime groups is 1. The molecule has 1 aliphatic heterocycles. The van der Waals surface area contributed by atoms with Crippen LogP contribution in [0.4, 0.5) is 49.9 Å². The molecule has 1 aliphatic rings. The Morgan fingerprint density at radius 1 is 1.00 bits per heavy atom. The maximum Gasteiger partial charge on any atom is 0.470 e. The number of carbonyl (C=O) groups is 1. The maximum absolute atomic E-state index is 14.7. The molecule has 1 N–H and O–H groups in total. The molecular weight excluding hydrogens is 594 g/mol. The molecular formula is C22H11ClF10N4O3. The predicted molar refractivity (Wildman–Crippen MR) is 115 cm³/mol. The first-order valence-corrected chi connectivity index (χ1v) is 10.9. The lowest BCUT2D eigenvalue weighted by Crippen LogP contribution is -2.43. The van der Waals surface area contributed by atoms with Crippen LogP contribution in [0.3, 0.4) is 0 Å². The van der Waals surface area contributed by atoms with Gasteiger partial charge in [-0.15, -0.1) is 5.10 Å². The monoisotopic (exact) mass is 604 g/mol. The number of nitrogens with one attached hydrogen (secondary N) is 1. The molecule has 0 radical (unpaired) electrons. The second kappa shape index (κ2) is 9.64. The van der Waals surface area contributed by atoms with E-state index in [1.165, 1.54) is 6.92 Å². The van der Waals surface area contributed by atoms with Crippen molar-refractivity contribution in [1.29, 1.82) is 0 Å². The van der Waals surface area contributed by atoms with E-state index >= 15 is 0 Å². The number of alkyl halides is 9. The highest BCUT2D eigenvalue weighted by atomic mass is 35.5. The molecule has 7 nitrogen and oxygen atoms in total. The highest BCUT2D eigenvalue weighted by Gasteiger charge is 2.64. The van der Waals surface area contributed by atoms with Crippen molar-refractivity contribution >= 4 is 29.2 Å². The van der Waals surface area contributed by atoms with E-state index in [2.05, 4.69) is 24.6 Å². The van der Waals surface area contributed by atoms with Crippen LogP contribution in [0.1, 0.15) is 44.9 Å². The summed E-state index contributed by atoms with van der Waals surface area (Å²) in [7, 11) is 0. The van der Waals surface area contributed by atoms with E-state index in [9.17, 15) is 48.7 Å². The van der Waals surface area contributed by atoms with Crippen LogP contribution in [0.15, 0.2) is 39.9 Å². The van der Waals surface area contributed by atoms with Gasteiger partial charge in [-0.1, -0.05) is 27.9 Å². The van der Waals surface area contributed by atoms with Crippen molar-refractivity contribution in [3.63, 3.8) is 0 Å². The summed E-state index contributed by atoms with van der Waals surface area (Å²) in [6.07, 6.45) is -16.9. The minimum Gasteiger partial charge on any atom is -0.399 e. The second-order valence-corrected chi connectivity index (χ2v) is 8.75. The zero-order chi connectivity index (χ0) is 29.8. The molecule has 0 saturated carbocycles. The van der Waals surface area contributed by atoms with E-state index in [1.54, 1.807) is 0 Å². The third kappa shape index (κ3) is 5.29. The Labute approximate surface area is 220 Å². The molecule has 4 rings (SSSR count). The van der Waals surface area contributed by atoms with Crippen molar-refractivity contribution in [2.75, 3.05) is 5.32 Å². The number of aromatic nitrogens is 2. The molecule has 18 heteroatoms. The van der Waals surface area contributed by atoms with Gasteiger partial charge in [0.15, 0.2) is 0 Å². The predicted octanol–water partition coefficient (Wildman–Crippen LogP) is 7.04. The Bertz CT molecular complexity index is 1510. The summed E-state index contributed by atoms with van der Waals surface area (Å²) in [5.74, 6) is -4.53. The zero-order valence-corrected chi connectivity index (χ0v) is 20.1. The van der Waals surface area contributed by atoms with Crippen molar-refractivity contribution in [3.05, 3.63) is 74.9 Å². The lowest BCUT2D eigenvalue weighted by atomic mass is 9.85. The summed E-state index contributed by atoms with van der Waals surface area (Å²) in [6.45, 7) is 1.31. The topological polar surface area (TPSA) is 89.6 Å². The number of halogens is 11. The number of amides is 1. The van der Waals surface area contributed by atoms with Crippen LogP contribution < -0.4 is 5.32 Å². The van der Waals surface area contributed by atoms with Gasteiger partial charge in [0.05, 0.1) is 22.7 Å². The first-order valence-electron chi connectivity index (χ1n) is 10.5. The molecule has 0 aliphatic carbocycles. The molecule has 40 heavy (non-hydrogen) atoms. The van der Waals surface area contributed by atoms with Crippen molar-refractivity contribution in [2.24, 2.45) is 5.16 Å². The number of aryl methyl sites for hydroxylation is 1. The highest BCUT2D eigenvalue weighted by Crippen LogP contribution is 2.51. The standard InChI is InChI=1S/C22H11ClF10N4O3/c1-8-4-9(2-3-11(8)16(38)34-18-36-35-17(39-18)21(28,29)30)14-7-19(40-37-14,22(31,32)33)12-5-10(20(25,26)27)6-13(23)15(12)24/h2-6H,7H2,1H3,(H,34,36,38). The number of benzene rings is 2. The molecule has 2 heterocycles. The number of anilines is 1. The molecule has 1 aromatic heterocycles. The Morgan fingerprint density at radius 2 is 1.68 bits per heavy atom. The molecule has 2 aromatic carbocycles. The van der Waals surface area contributed by atoms with E-state index in [-0.39, 0.29) is 28.8 Å². The normalized spacial score (nSPS) is 17.9. The molecule has 0 spiro atoms. The highest BCUT2D eigenvalue weighted by molar-refractivity contribution is 6.30. The first-order chi connectivity index (χ1) is 18.3. The van der Waals surface area contributed by atoms with Gasteiger partial charge in [0, 0.05) is 11.1 Å². The van der Waals surface area contributed by atoms with Gasteiger partial charge >= 0.3 is 30.4 Å². The van der Waals surface area contributed by atoms with Crippen molar-refractivity contribution in [2.45, 2.75) is 37.5 Å². The molecule has 214 valence electrons. The molecule has 3 aromatic rings. The van der Waals surface area contributed by atoms with Crippen LogP contribution in [0, 0.1) is 12.7 Å². The molecule has 0 fully saturated rings. The number of hydrogen-bond acceptors (Lipinski definition) is 6. The largest absolute Gasteiger partial charge is 0.470 e. The molecule has 1 unspecified atom stereocenters. The summed E-state index contributed by atoms with van der Waals surface area (Å²) >= 11 is 5.47. The minimum absolute atomic E-state index is 0.0619. The Balaban J connectivity index is 1.63. The molecule has 1 amide bonds. The van der Waals surface area contributed by atoms with E-state index < -0.39 is 76.0 Å². The third-order valence-electron chi connectivity index (χ3n) is 5.67. The molecule has 0 bridgehead atoms. The maximum atomic E-state index is 14.7. The van der Waals surface area contributed by atoms with Crippen LogP contribution in [-0.2, 0) is 22.8 Å². The summed E-state index contributed by atoms with van der Waals surface area (Å²) in [4.78, 5) is 17.0. The minimum atomic E-state index is -5.47. The number of hydrogen-bond donors (Lipinski definition) is 1. The van der Waals surface area contributed by atoms with E-state index in [4.69, 9.17) is 11.6 Å². The van der Waals surface area contributed by atoms with Crippen LogP contribution in [0.5, 0.6) is 0 Å². The number of rotatable bonds is 4. The number of nitrogens with zero attached hydrogens (tertiary/aromatic N) is 3. The summed E-state index contributed by atoms with van der Waals surface area (Å²) in [5.41, 5.74) is -7.51. The Kier molecular flexibility index (Phi) is 7.01. The van der Waals surface area contributed by atoms with Crippen LogP contribution in [-0.4, -0.2) is 28.0 Å². The molecule has 0 saturated heterocycles. The van der Waals surface area contributed by atoms with Gasteiger partial charge in [-0.2, -0.15) is 39.5 Å². The third-order valence-corrected chi connectivity index (χ3v) is 5.94.